The van der Waals surface area contributed by atoms with Crippen molar-refractivity contribution in [2.45, 2.75) is 52.1 Å². The maximum Gasteiger partial charge on any atom is 0.326 e. The van der Waals surface area contributed by atoms with Crippen molar-refractivity contribution in [3.63, 3.8) is 0 Å². The van der Waals surface area contributed by atoms with E-state index < -0.39 is 12.0 Å². The van der Waals surface area contributed by atoms with E-state index in [1.807, 2.05) is 6.92 Å². The van der Waals surface area contributed by atoms with Gasteiger partial charge in [0, 0.05) is 24.7 Å². The summed E-state index contributed by atoms with van der Waals surface area (Å²) in [5, 5.41) is 11.5. The summed E-state index contributed by atoms with van der Waals surface area (Å²) in [5.41, 5.74) is 0.600. The average Bonchev–Trinajstić information content (AvgIpc) is 2.43. The van der Waals surface area contributed by atoms with Gasteiger partial charge in [-0.05, 0) is 25.8 Å². The van der Waals surface area contributed by atoms with Crippen LogP contribution in [0.4, 0.5) is 0 Å². The molecule has 1 amide bonds. The minimum Gasteiger partial charge on any atom is -0.480 e. The maximum absolute atomic E-state index is 11.8. The van der Waals surface area contributed by atoms with Crippen molar-refractivity contribution in [1.82, 2.24) is 9.88 Å². The number of rotatable bonds is 8. The molecule has 0 aliphatic rings. The number of pyridine rings is 1. The van der Waals surface area contributed by atoms with Gasteiger partial charge >= 0.3 is 5.97 Å². The van der Waals surface area contributed by atoms with Crippen LogP contribution >= 0.6 is 0 Å². The number of carbonyl (C=O) groups is 2. The fraction of sp³-hybridized carbons (Fsp3) is 0.533. The molecule has 0 spiro atoms. The average molecular weight is 294 g/mol. The van der Waals surface area contributed by atoms with Gasteiger partial charge in [-0.15, -0.1) is 0 Å². The number of hydrogen-bond acceptors (Lipinski definition) is 3. The molecule has 1 aromatic heterocycles. The summed E-state index contributed by atoms with van der Waals surface area (Å²) in [6.45, 7) is 4.06. The number of carbonyl (C=O) groups excluding carboxylic acids is 1. The Bertz CT molecular complexity index is 551. The third-order valence-electron chi connectivity index (χ3n) is 3.22. The van der Waals surface area contributed by atoms with Gasteiger partial charge in [0.25, 0.3) is 5.56 Å². The van der Waals surface area contributed by atoms with Crippen LogP contribution in [0, 0.1) is 6.92 Å². The Labute approximate surface area is 123 Å². The van der Waals surface area contributed by atoms with E-state index in [2.05, 4.69) is 5.32 Å². The number of nitrogens with one attached hydrogen (secondary N) is 1. The van der Waals surface area contributed by atoms with E-state index in [4.69, 9.17) is 5.11 Å². The zero-order chi connectivity index (χ0) is 15.8. The second-order valence-corrected chi connectivity index (χ2v) is 5.04. The highest BCUT2D eigenvalue weighted by Crippen LogP contribution is 2.00. The normalized spacial score (nSPS) is 11.9. The van der Waals surface area contributed by atoms with Crippen LogP contribution in [0.3, 0.4) is 0 Å². The summed E-state index contributed by atoms with van der Waals surface area (Å²) in [7, 11) is 0. The molecular formula is C15H22N2O4. The Morgan fingerprint density at radius 3 is 2.76 bits per heavy atom. The molecule has 0 radical (unpaired) electrons. The van der Waals surface area contributed by atoms with Gasteiger partial charge in [0.05, 0.1) is 0 Å². The van der Waals surface area contributed by atoms with Crippen molar-refractivity contribution in [3.8, 4) is 0 Å². The molecule has 1 heterocycles. The first-order valence-corrected chi connectivity index (χ1v) is 7.14. The molecule has 116 valence electrons. The van der Waals surface area contributed by atoms with Crippen LogP contribution in [0.15, 0.2) is 23.1 Å². The van der Waals surface area contributed by atoms with Crippen LogP contribution < -0.4 is 10.9 Å². The third-order valence-corrected chi connectivity index (χ3v) is 3.22. The second-order valence-electron chi connectivity index (χ2n) is 5.04. The van der Waals surface area contributed by atoms with Crippen molar-refractivity contribution in [3.05, 3.63) is 34.2 Å². The minimum atomic E-state index is -1.01. The molecule has 0 bridgehead atoms. The maximum atomic E-state index is 11.8. The molecule has 1 unspecified atom stereocenters. The van der Waals surface area contributed by atoms with Gasteiger partial charge in [-0.3, -0.25) is 9.59 Å². The number of aromatic nitrogens is 1. The van der Waals surface area contributed by atoms with Crippen molar-refractivity contribution in [2.24, 2.45) is 0 Å². The smallest absolute Gasteiger partial charge is 0.326 e. The second kappa shape index (κ2) is 8.24. The van der Waals surface area contributed by atoms with Crippen molar-refractivity contribution < 1.29 is 14.7 Å². The van der Waals surface area contributed by atoms with Crippen LogP contribution in [0.25, 0.3) is 0 Å². The van der Waals surface area contributed by atoms with E-state index in [0.29, 0.717) is 31.4 Å². The van der Waals surface area contributed by atoms with Crippen molar-refractivity contribution >= 4 is 11.9 Å². The summed E-state index contributed by atoms with van der Waals surface area (Å²) < 4.78 is 1.56. The third kappa shape index (κ3) is 5.41. The van der Waals surface area contributed by atoms with Gasteiger partial charge in [0.15, 0.2) is 0 Å². The first kappa shape index (κ1) is 16.9. The zero-order valence-corrected chi connectivity index (χ0v) is 12.5. The first-order chi connectivity index (χ1) is 9.95. The number of carboxylic acids is 1. The van der Waals surface area contributed by atoms with Crippen molar-refractivity contribution in [2.75, 3.05) is 0 Å². The fourth-order valence-corrected chi connectivity index (χ4v) is 2.06. The van der Waals surface area contributed by atoms with E-state index >= 15 is 0 Å². The molecule has 21 heavy (non-hydrogen) atoms. The van der Waals surface area contributed by atoms with E-state index in [1.165, 1.54) is 0 Å². The SMILES string of the molecule is CCCC(NC(=O)CCCn1cccc(C)c1=O)C(=O)O. The largest absolute Gasteiger partial charge is 0.480 e. The number of aliphatic carboxylic acids is 1. The predicted molar refractivity (Wildman–Crippen MR) is 79.1 cm³/mol. The molecule has 0 aromatic carbocycles. The Kier molecular flexibility index (Phi) is 6.65. The molecule has 6 heteroatoms. The predicted octanol–water partition coefficient (Wildman–Crippen LogP) is 1.31. The van der Waals surface area contributed by atoms with E-state index in [9.17, 15) is 14.4 Å². The lowest BCUT2D eigenvalue weighted by molar-refractivity contribution is -0.142. The first-order valence-electron chi connectivity index (χ1n) is 7.14. The Hall–Kier alpha value is -2.11. The highest BCUT2D eigenvalue weighted by molar-refractivity contribution is 5.83. The molecule has 0 aliphatic carbocycles. The zero-order valence-electron chi connectivity index (χ0n) is 12.5. The lowest BCUT2D eigenvalue weighted by Gasteiger charge is -2.13. The van der Waals surface area contributed by atoms with Crippen LogP contribution in [-0.4, -0.2) is 27.6 Å². The van der Waals surface area contributed by atoms with Crippen molar-refractivity contribution in [1.29, 1.82) is 0 Å². The Balaban J connectivity index is 2.45. The standard InChI is InChI=1S/C15H22N2O4/c1-3-6-12(15(20)21)16-13(18)8-5-10-17-9-4-7-11(2)14(17)19/h4,7,9,12H,3,5-6,8,10H2,1-2H3,(H,16,18)(H,20,21). The molecule has 1 rings (SSSR count). The summed E-state index contributed by atoms with van der Waals surface area (Å²) in [5.74, 6) is -1.31. The lowest BCUT2D eigenvalue weighted by atomic mass is 10.1. The van der Waals surface area contributed by atoms with Gasteiger partial charge < -0.3 is 15.0 Å². The molecule has 0 fully saturated rings. The highest BCUT2D eigenvalue weighted by Gasteiger charge is 2.18. The lowest BCUT2D eigenvalue weighted by Crippen LogP contribution is -2.40. The number of hydrogen-bond donors (Lipinski definition) is 2. The summed E-state index contributed by atoms with van der Waals surface area (Å²) in [6.07, 6.45) is 3.49. The van der Waals surface area contributed by atoms with Crippen LogP contribution in [-0.2, 0) is 16.1 Å². The Morgan fingerprint density at radius 2 is 2.14 bits per heavy atom. The fourth-order valence-electron chi connectivity index (χ4n) is 2.06. The van der Waals surface area contributed by atoms with E-state index in [0.717, 1.165) is 0 Å². The molecule has 1 atom stereocenters. The van der Waals surface area contributed by atoms with E-state index in [1.54, 1.807) is 29.8 Å². The molecule has 1 aromatic rings. The molecule has 2 N–H and O–H groups in total. The van der Waals surface area contributed by atoms with Crippen LogP contribution in [0.2, 0.25) is 0 Å². The quantitative estimate of drug-likeness (QED) is 0.756. The topological polar surface area (TPSA) is 88.4 Å². The van der Waals surface area contributed by atoms with Gasteiger partial charge in [0.2, 0.25) is 5.91 Å². The van der Waals surface area contributed by atoms with Gasteiger partial charge in [-0.2, -0.15) is 0 Å². The molecule has 0 saturated carbocycles. The monoisotopic (exact) mass is 294 g/mol. The van der Waals surface area contributed by atoms with Gasteiger partial charge in [0.1, 0.15) is 6.04 Å². The van der Waals surface area contributed by atoms with Gasteiger partial charge in [-0.25, -0.2) is 4.79 Å². The number of aryl methyl sites for hydroxylation is 2. The summed E-state index contributed by atoms with van der Waals surface area (Å²) in [6, 6.07) is 2.70. The van der Waals surface area contributed by atoms with E-state index in [-0.39, 0.29) is 17.9 Å². The minimum absolute atomic E-state index is 0.0627. The Morgan fingerprint density at radius 1 is 1.43 bits per heavy atom. The molecule has 0 saturated heterocycles. The summed E-state index contributed by atoms with van der Waals surface area (Å²) >= 11 is 0. The van der Waals surface area contributed by atoms with Crippen LogP contribution in [0.5, 0.6) is 0 Å². The molecule has 0 aliphatic heterocycles. The number of carboxylic acid groups (broad SMARTS) is 1. The van der Waals surface area contributed by atoms with Crippen LogP contribution in [0.1, 0.15) is 38.2 Å². The highest BCUT2D eigenvalue weighted by atomic mass is 16.4. The molecule has 6 nitrogen and oxygen atoms in total. The number of amides is 1. The van der Waals surface area contributed by atoms with Gasteiger partial charge in [-0.1, -0.05) is 19.4 Å². The molecular weight excluding hydrogens is 272 g/mol. The number of nitrogens with zero attached hydrogens (tertiary/aromatic N) is 1. The summed E-state index contributed by atoms with van der Waals surface area (Å²) in [4.78, 5) is 34.4.